The molecule has 1 aliphatic heterocycles. The second-order valence-corrected chi connectivity index (χ2v) is 8.80. The van der Waals surface area contributed by atoms with Crippen LogP contribution in [0.1, 0.15) is 42.7 Å². The molecule has 0 saturated carbocycles. The standard InChI is InChI=1S/C23H31N3O2S/c1-18-10-13-26(14-11-18)20(21-8-5-15-29-21)17-25-22(27)9-12-24-23(28)16-19-6-3-2-4-7-19/h2-8,15,18,20H,9-14,16-17H2,1H3,(H,24,28)(H,25,27). The molecular weight excluding hydrogens is 382 g/mol. The molecule has 0 radical (unpaired) electrons. The molecule has 6 heteroatoms. The van der Waals surface area contributed by atoms with Gasteiger partial charge in [-0.2, -0.15) is 0 Å². The second kappa shape index (κ2) is 11.1. The van der Waals surface area contributed by atoms with E-state index < -0.39 is 0 Å². The molecule has 2 amide bonds. The summed E-state index contributed by atoms with van der Waals surface area (Å²) < 4.78 is 0. The number of thiophene rings is 1. The number of likely N-dealkylation sites (tertiary alicyclic amines) is 1. The Bertz CT molecular complexity index is 756. The van der Waals surface area contributed by atoms with Gasteiger partial charge in [0.05, 0.1) is 12.5 Å². The van der Waals surface area contributed by atoms with Crippen molar-refractivity contribution in [1.29, 1.82) is 0 Å². The Morgan fingerprint density at radius 3 is 2.52 bits per heavy atom. The van der Waals surface area contributed by atoms with E-state index >= 15 is 0 Å². The molecule has 1 unspecified atom stereocenters. The molecule has 0 aliphatic carbocycles. The van der Waals surface area contributed by atoms with Crippen molar-refractivity contribution >= 4 is 23.2 Å². The van der Waals surface area contributed by atoms with Crippen LogP contribution in [0.5, 0.6) is 0 Å². The SMILES string of the molecule is CC1CCN(C(CNC(=O)CCNC(=O)Cc2ccccc2)c2cccs2)CC1. The molecule has 1 saturated heterocycles. The van der Waals surface area contributed by atoms with Gasteiger partial charge in [0.1, 0.15) is 0 Å². The summed E-state index contributed by atoms with van der Waals surface area (Å²) in [5.74, 6) is 0.712. The van der Waals surface area contributed by atoms with E-state index in [0.29, 0.717) is 25.9 Å². The maximum absolute atomic E-state index is 12.3. The molecule has 5 nitrogen and oxygen atoms in total. The number of carbonyl (C=O) groups is 2. The van der Waals surface area contributed by atoms with Crippen molar-refractivity contribution in [2.75, 3.05) is 26.2 Å². The van der Waals surface area contributed by atoms with Crippen LogP contribution in [-0.2, 0) is 16.0 Å². The monoisotopic (exact) mass is 413 g/mol. The Kier molecular flexibility index (Phi) is 8.25. The molecule has 0 spiro atoms. The van der Waals surface area contributed by atoms with Gasteiger partial charge in [-0.25, -0.2) is 0 Å². The van der Waals surface area contributed by atoms with E-state index in [1.54, 1.807) is 11.3 Å². The molecule has 1 fully saturated rings. The van der Waals surface area contributed by atoms with Gasteiger partial charge in [0.2, 0.25) is 11.8 Å². The summed E-state index contributed by atoms with van der Waals surface area (Å²) in [7, 11) is 0. The zero-order valence-corrected chi connectivity index (χ0v) is 17.9. The summed E-state index contributed by atoms with van der Waals surface area (Å²) in [6, 6.07) is 14.1. The summed E-state index contributed by atoms with van der Waals surface area (Å²) in [6.45, 7) is 5.45. The highest BCUT2D eigenvalue weighted by molar-refractivity contribution is 7.10. The fraction of sp³-hybridized carbons (Fsp3) is 0.478. The molecule has 1 aromatic heterocycles. The van der Waals surface area contributed by atoms with E-state index in [0.717, 1.165) is 24.6 Å². The lowest BCUT2D eigenvalue weighted by Crippen LogP contribution is -2.42. The predicted molar refractivity (Wildman–Crippen MR) is 118 cm³/mol. The van der Waals surface area contributed by atoms with Gasteiger partial charge in [-0.3, -0.25) is 14.5 Å². The number of nitrogens with one attached hydrogen (secondary N) is 2. The number of piperidine rings is 1. The van der Waals surface area contributed by atoms with Crippen LogP contribution in [0.2, 0.25) is 0 Å². The van der Waals surface area contributed by atoms with Gasteiger partial charge in [-0.15, -0.1) is 11.3 Å². The van der Waals surface area contributed by atoms with Crippen molar-refractivity contribution in [2.24, 2.45) is 5.92 Å². The number of benzene rings is 1. The van der Waals surface area contributed by atoms with Crippen molar-refractivity contribution in [1.82, 2.24) is 15.5 Å². The number of carbonyl (C=O) groups excluding carboxylic acids is 2. The van der Waals surface area contributed by atoms with E-state index in [4.69, 9.17) is 0 Å². The highest BCUT2D eigenvalue weighted by atomic mass is 32.1. The lowest BCUT2D eigenvalue weighted by atomic mass is 9.97. The Hall–Kier alpha value is -2.18. The predicted octanol–water partition coefficient (Wildman–Crippen LogP) is 3.39. The van der Waals surface area contributed by atoms with Gasteiger partial charge in [0, 0.05) is 24.4 Å². The van der Waals surface area contributed by atoms with Gasteiger partial charge in [0.15, 0.2) is 0 Å². The average molecular weight is 414 g/mol. The highest BCUT2D eigenvalue weighted by Crippen LogP contribution is 2.29. The molecule has 29 heavy (non-hydrogen) atoms. The molecule has 2 heterocycles. The third-order valence-electron chi connectivity index (χ3n) is 5.50. The number of nitrogens with zero attached hydrogens (tertiary/aromatic N) is 1. The molecule has 3 rings (SSSR count). The van der Waals surface area contributed by atoms with E-state index in [1.807, 2.05) is 30.3 Å². The average Bonchev–Trinajstić information content (AvgIpc) is 3.25. The normalized spacial score (nSPS) is 16.3. The van der Waals surface area contributed by atoms with Gasteiger partial charge in [-0.1, -0.05) is 43.3 Å². The van der Waals surface area contributed by atoms with Crippen molar-refractivity contribution in [3.05, 3.63) is 58.3 Å². The zero-order chi connectivity index (χ0) is 20.5. The summed E-state index contributed by atoms with van der Waals surface area (Å²) in [5.41, 5.74) is 0.976. The summed E-state index contributed by atoms with van der Waals surface area (Å²) in [5, 5.41) is 8.01. The molecular formula is C23H31N3O2S. The molecule has 2 aromatic rings. The van der Waals surface area contributed by atoms with Gasteiger partial charge in [-0.05, 0) is 48.9 Å². The lowest BCUT2D eigenvalue weighted by molar-refractivity contribution is -0.122. The van der Waals surface area contributed by atoms with Crippen LogP contribution in [0, 0.1) is 5.92 Å². The van der Waals surface area contributed by atoms with E-state index in [-0.39, 0.29) is 17.9 Å². The second-order valence-electron chi connectivity index (χ2n) is 7.82. The Morgan fingerprint density at radius 2 is 1.83 bits per heavy atom. The lowest BCUT2D eigenvalue weighted by Gasteiger charge is -2.36. The van der Waals surface area contributed by atoms with Crippen molar-refractivity contribution in [3.63, 3.8) is 0 Å². The largest absolute Gasteiger partial charge is 0.355 e. The molecule has 0 bridgehead atoms. The summed E-state index contributed by atoms with van der Waals surface area (Å²) in [4.78, 5) is 28.1. The first-order chi connectivity index (χ1) is 14.1. The fourth-order valence-electron chi connectivity index (χ4n) is 3.69. The fourth-order valence-corrected chi connectivity index (χ4v) is 4.55. The molecule has 2 N–H and O–H groups in total. The minimum absolute atomic E-state index is 0.0167. The van der Waals surface area contributed by atoms with Crippen molar-refractivity contribution < 1.29 is 9.59 Å². The highest BCUT2D eigenvalue weighted by Gasteiger charge is 2.25. The Balaban J connectivity index is 1.41. The van der Waals surface area contributed by atoms with Crippen LogP contribution in [0.15, 0.2) is 47.8 Å². The summed E-state index contributed by atoms with van der Waals surface area (Å²) >= 11 is 1.75. The number of hydrogen-bond donors (Lipinski definition) is 2. The van der Waals surface area contributed by atoms with Crippen LogP contribution in [-0.4, -0.2) is 42.9 Å². The van der Waals surface area contributed by atoms with Gasteiger partial charge >= 0.3 is 0 Å². The Morgan fingerprint density at radius 1 is 1.07 bits per heavy atom. The van der Waals surface area contributed by atoms with E-state index in [9.17, 15) is 9.59 Å². The van der Waals surface area contributed by atoms with E-state index in [1.165, 1.54) is 17.7 Å². The number of amides is 2. The number of rotatable bonds is 9. The Labute approximate surface area is 177 Å². The van der Waals surface area contributed by atoms with Gasteiger partial charge in [0.25, 0.3) is 0 Å². The summed E-state index contributed by atoms with van der Waals surface area (Å²) in [6.07, 6.45) is 3.07. The van der Waals surface area contributed by atoms with E-state index in [2.05, 4.69) is 40.0 Å². The number of hydrogen-bond acceptors (Lipinski definition) is 4. The minimum Gasteiger partial charge on any atom is -0.355 e. The van der Waals surface area contributed by atoms with Crippen LogP contribution >= 0.6 is 11.3 Å². The first kappa shape index (κ1) is 21.5. The van der Waals surface area contributed by atoms with Crippen LogP contribution in [0.3, 0.4) is 0 Å². The maximum Gasteiger partial charge on any atom is 0.224 e. The maximum atomic E-state index is 12.3. The van der Waals surface area contributed by atoms with Crippen LogP contribution in [0.25, 0.3) is 0 Å². The molecule has 1 aromatic carbocycles. The third kappa shape index (κ3) is 6.98. The first-order valence-corrected chi connectivity index (χ1v) is 11.3. The first-order valence-electron chi connectivity index (χ1n) is 10.5. The quantitative estimate of drug-likeness (QED) is 0.662. The van der Waals surface area contributed by atoms with Crippen molar-refractivity contribution in [3.8, 4) is 0 Å². The molecule has 156 valence electrons. The van der Waals surface area contributed by atoms with Crippen LogP contribution in [0.4, 0.5) is 0 Å². The topological polar surface area (TPSA) is 61.4 Å². The minimum atomic E-state index is -0.0529. The molecule has 1 aliphatic rings. The van der Waals surface area contributed by atoms with Gasteiger partial charge < -0.3 is 10.6 Å². The molecule has 1 atom stereocenters. The van der Waals surface area contributed by atoms with Crippen molar-refractivity contribution in [2.45, 2.75) is 38.6 Å². The zero-order valence-electron chi connectivity index (χ0n) is 17.1. The van der Waals surface area contributed by atoms with Crippen LogP contribution < -0.4 is 10.6 Å². The third-order valence-corrected chi connectivity index (χ3v) is 6.48. The smallest absolute Gasteiger partial charge is 0.224 e.